The third-order valence-electron chi connectivity index (χ3n) is 2.42. The molecule has 0 aromatic carbocycles. The number of aryl methyl sites for hydroxylation is 1. The number of fused-ring (bicyclic) bond motifs is 1. The van der Waals surface area contributed by atoms with Crippen molar-refractivity contribution in [3.63, 3.8) is 0 Å². The number of aromatic nitrogens is 4. The van der Waals surface area contributed by atoms with Gasteiger partial charge in [0.1, 0.15) is 6.33 Å². The molecule has 2 rings (SSSR count). The number of hydrogen-bond acceptors (Lipinski definition) is 4. The van der Waals surface area contributed by atoms with E-state index in [1.54, 1.807) is 0 Å². The lowest BCUT2D eigenvalue weighted by Gasteiger charge is -2.06. The van der Waals surface area contributed by atoms with Crippen molar-refractivity contribution in [3.05, 3.63) is 27.2 Å². The highest BCUT2D eigenvalue weighted by molar-refractivity contribution is 5.83. The number of carbonyl (C=O) groups excluding carboxylic acids is 1. The molecule has 0 radical (unpaired) electrons. The molecular weight excluding hydrogens is 226 g/mol. The number of carbonyl (C=O) groups is 1. The van der Waals surface area contributed by atoms with Crippen LogP contribution in [0.1, 0.15) is 6.92 Å². The number of rotatable bonds is 1. The van der Waals surface area contributed by atoms with Crippen molar-refractivity contribution in [2.24, 2.45) is 14.1 Å². The Kier molecular flexibility index (Phi) is 2.34. The molecule has 2 aromatic rings. The Hall–Kier alpha value is -2.38. The summed E-state index contributed by atoms with van der Waals surface area (Å²) in [6, 6.07) is 0. The quantitative estimate of drug-likeness (QED) is 0.655. The van der Waals surface area contributed by atoms with Crippen LogP contribution < -0.4 is 16.7 Å². The van der Waals surface area contributed by atoms with Gasteiger partial charge in [0.15, 0.2) is 11.2 Å². The van der Waals surface area contributed by atoms with Gasteiger partial charge in [0.2, 0.25) is 5.91 Å². The zero-order valence-corrected chi connectivity index (χ0v) is 9.59. The van der Waals surface area contributed by atoms with E-state index in [1.807, 2.05) is 0 Å². The Morgan fingerprint density at radius 1 is 1.29 bits per heavy atom. The van der Waals surface area contributed by atoms with Crippen LogP contribution in [0, 0.1) is 0 Å². The van der Waals surface area contributed by atoms with Crippen molar-refractivity contribution in [1.29, 1.82) is 0 Å². The van der Waals surface area contributed by atoms with Crippen molar-refractivity contribution in [1.82, 2.24) is 18.8 Å². The SMILES string of the molecule is CC(=O)Nn1cnc2c1c(=O)n(C)c(=O)n2C. The molecular formula is C9H11N5O3. The highest BCUT2D eigenvalue weighted by Gasteiger charge is 2.14. The average Bonchev–Trinajstić information content (AvgIpc) is 2.66. The zero-order chi connectivity index (χ0) is 12.7. The molecule has 0 saturated carbocycles. The monoisotopic (exact) mass is 237 g/mol. The number of nitrogens with one attached hydrogen (secondary N) is 1. The van der Waals surface area contributed by atoms with Gasteiger partial charge in [-0.25, -0.2) is 14.5 Å². The summed E-state index contributed by atoms with van der Waals surface area (Å²) in [6.07, 6.45) is 1.28. The third kappa shape index (κ3) is 1.53. The van der Waals surface area contributed by atoms with E-state index in [2.05, 4.69) is 10.4 Å². The topological polar surface area (TPSA) is 90.9 Å². The van der Waals surface area contributed by atoms with Gasteiger partial charge in [0.05, 0.1) is 0 Å². The first-order valence-corrected chi connectivity index (χ1v) is 4.84. The second kappa shape index (κ2) is 3.58. The molecule has 8 nitrogen and oxygen atoms in total. The summed E-state index contributed by atoms with van der Waals surface area (Å²) in [5.74, 6) is -0.333. The Morgan fingerprint density at radius 3 is 2.53 bits per heavy atom. The minimum atomic E-state index is -0.505. The van der Waals surface area contributed by atoms with Gasteiger partial charge in [-0.1, -0.05) is 0 Å². The van der Waals surface area contributed by atoms with E-state index in [1.165, 1.54) is 36.6 Å². The Labute approximate surface area is 95.1 Å². The molecule has 0 spiro atoms. The van der Waals surface area contributed by atoms with Crippen molar-refractivity contribution < 1.29 is 4.79 Å². The van der Waals surface area contributed by atoms with Gasteiger partial charge in [0, 0.05) is 21.0 Å². The van der Waals surface area contributed by atoms with E-state index >= 15 is 0 Å². The lowest BCUT2D eigenvalue weighted by Crippen LogP contribution is -2.38. The van der Waals surface area contributed by atoms with E-state index in [-0.39, 0.29) is 17.1 Å². The van der Waals surface area contributed by atoms with Crippen LogP contribution in [0.5, 0.6) is 0 Å². The summed E-state index contributed by atoms with van der Waals surface area (Å²) >= 11 is 0. The Balaban J connectivity index is 2.90. The van der Waals surface area contributed by atoms with Crippen LogP contribution >= 0.6 is 0 Å². The second-order valence-corrected chi connectivity index (χ2v) is 3.66. The van der Waals surface area contributed by atoms with Gasteiger partial charge in [-0.2, -0.15) is 0 Å². The van der Waals surface area contributed by atoms with E-state index in [4.69, 9.17) is 0 Å². The van der Waals surface area contributed by atoms with Crippen LogP contribution in [-0.2, 0) is 18.9 Å². The summed E-state index contributed by atoms with van der Waals surface area (Å²) < 4.78 is 3.41. The number of nitrogens with zero attached hydrogens (tertiary/aromatic N) is 4. The first-order chi connectivity index (χ1) is 7.93. The number of hydrogen-bond donors (Lipinski definition) is 1. The molecule has 0 bridgehead atoms. The minimum absolute atomic E-state index is 0.157. The molecule has 1 N–H and O–H groups in total. The van der Waals surface area contributed by atoms with Gasteiger partial charge in [-0.15, -0.1) is 0 Å². The molecule has 8 heteroatoms. The maximum absolute atomic E-state index is 11.9. The Morgan fingerprint density at radius 2 is 1.94 bits per heavy atom. The van der Waals surface area contributed by atoms with Gasteiger partial charge < -0.3 is 0 Å². The molecule has 0 aliphatic rings. The predicted molar refractivity (Wildman–Crippen MR) is 60.3 cm³/mol. The maximum atomic E-state index is 11.9. The van der Waals surface area contributed by atoms with Crippen LogP contribution in [0.15, 0.2) is 15.9 Å². The molecule has 0 fully saturated rings. The van der Waals surface area contributed by atoms with Crippen LogP contribution in [0.2, 0.25) is 0 Å². The summed E-state index contributed by atoms with van der Waals surface area (Å²) in [5.41, 5.74) is 1.85. The van der Waals surface area contributed by atoms with E-state index in [9.17, 15) is 14.4 Å². The Bertz CT molecular complexity index is 721. The molecule has 0 aliphatic carbocycles. The fourth-order valence-corrected chi connectivity index (χ4v) is 1.60. The second-order valence-electron chi connectivity index (χ2n) is 3.66. The largest absolute Gasteiger partial charge is 0.332 e. The summed E-state index contributed by atoms with van der Waals surface area (Å²) in [5, 5.41) is 0. The molecule has 1 amide bonds. The number of amides is 1. The summed E-state index contributed by atoms with van der Waals surface area (Å²) in [4.78, 5) is 38.4. The fourth-order valence-electron chi connectivity index (χ4n) is 1.60. The summed E-state index contributed by atoms with van der Waals surface area (Å²) in [6.45, 7) is 1.32. The van der Waals surface area contributed by atoms with Crippen LogP contribution in [-0.4, -0.2) is 24.7 Å². The normalized spacial score (nSPS) is 10.8. The van der Waals surface area contributed by atoms with Crippen LogP contribution in [0.25, 0.3) is 11.2 Å². The van der Waals surface area contributed by atoms with Crippen molar-refractivity contribution in [2.75, 3.05) is 5.43 Å². The zero-order valence-electron chi connectivity index (χ0n) is 9.59. The van der Waals surface area contributed by atoms with Crippen molar-refractivity contribution >= 4 is 17.1 Å². The van der Waals surface area contributed by atoms with E-state index < -0.39 is 11.2 Å². The first kappa shape index (κ1) is 11.1. The minimum Gasteiger partial charge on any atom is -0.279 e. The van der Waals surface area contributed by atoms with Crippen molar-refractivity contribution in [2.45, 2.75) is 6.92 Å². The maximum Gasteiger partial charge on any atom is 0.332 e. The highest BCUT2D eigenvalue weighted by Crippen LogP contribution is 2.02. The molecule has 0 unspecified atom stereocenters. The van der Waals surface area contributed by atoms with Gasteiger partial charge in [0.25, 0.3) is 5.56 Å². The third-order valence-corrected chi connectivity index (χ3v) is 2.42. The van der Waals surface area contributed by atoms with Gasteiger partial charge in [-0.05, 0) is 0 Å². The smallest absolute Gasteiger partial charge is 0.279 e. The van der Waals surface area contributed by atoms with E-state index in [0.29, 0.717) is 0 Å². The predicted octanol–water partition coefficient (Wildman–Crippen LogP) is -1.48. The molecule has 0 aliphatic heterocycles. The molecule has 0 saturated heterocycles. The molecule has 2 heterocycles. The van der Waals surface area contributed by atoms with Crippen LogP contribution in [0.4, 0.5) is 0 Å². The molecule has 0 atom stereocenters. The lowest BCUT2D eigenvalue weighted by atomic mass is 10.5. The fraction of sp³-hybridized carbons (Fsp3) is 0.333. The molecule has 2 aromatic heterocycles. The van der Waals surface area contributed by atoms with Crippen molar-refractivity contribution in [3.8, 4) is 0 Å². The number of imidazole rings is 1. The lowest BCUT2D eigenvalue weighted by molar-refractivity contribution is -0.115. The van der Waals surface area contributed by atoms with Crippen LogP contribution in [0.3, 0.4) is 0 Å². The first-order valence-electron chi connectivity index (χ1n) is 4.84. The average molecular weight is 237 g/mol. The van der Waals surface area contributed by atoms with E-state index in [0.717, 1.165) is 4.57 Å². The highest BCUT2D eigenvalue weighted by atomic mass is 16.2. The molecule has 17 heavy (non-hydrogen) atoms. The summed E-state index contributed by atoms with van der Waals surface area (Å²) in [7, 11) is 2.88. The van der Waals surface area contributed by atoms with Gasteiger partial charge >= 0.3 is 5.69 Å². The molecule has 90 valence electrons. The standard InChI is InChI=1S/C9H11N5O3/c1-5(15)11-14-4-10-7-6(14)8(16)13(3)9(17)12(7)2/h4H,1-3H3,(H,11,15). The van der Waals surface area contributed by atoms with Gasteiger partial charge in [-0.3, -0.25) is 24.1 Å².